The number of benzene rings is 1. The van der Waals surface area contributed by atoms with Crippen molar-refractivity contribution in [1.29, 1.82) is 0 Å². The molecule has 1 aliphatic rings. The molecule has 0 fully saturated rings. The van der Waals surface area contributed by atoms with Crippen LogP contribution < -0.4 is 15.7 Å². The molecular formula is C23H27N3O4. The number of hydrogen-bond acceptors (Lipinski definition) is 5. The highest BCUT2D eigenvalue weighted by atomic mass is 16.5. The summed E-state index contributed by atoms with van der Waals surface area (Å²) in [7, 11) is 0. The molecule has 2 aromatic heterocycles. The fourth-order valence-corrected chi connectivity index (χ4v) is 4.04. The van der Waals surface area contributed by atoms with Crippen LogP contribution >= 0.6 is 0 Å². The quantitative estimate of drug-likeness (QED) is 0.479. The first-order valence-electron chi connectivity index (χ1n) is 10.5. The highest BCUT2D eigenvalue weighted by Gasteiger charge is 2.23. The molecule has 7 nitrogen and oxygen atoms in total. The van der Waals surface area contributed by atoms with E-state index in [4.69, 9.17) is 9.15 Å². The molecule has 1 unspecified atom stereocenters. The summed E-state index contributed by atoms with van der Waals surface area (Å²) in [6.07, 6.45) is 9.12. The van der Waals surface area contributed by atoms with E-state index < -0.39 is 6.10 Å². The van der Waals surface area contributed by atoms with Gasteiger partial charge in [0, 0.05) is 31.0 Å². The summed E-state index contributed by atoms with van der Waals surface area (Å²) < 4.78 is 13.7. The maximum Gasteiger partial charge on any atom is 0.339 e. The summed E-state index contributed by atoms with van der Waals surface area (Å²) in [5.74, 6) is 0.439. The fraction of sp³-hybridized carbons (Fsp3) is 0.435. The number of rotatable bonds is 7. The van der Waals surface area contributed by atoms with Gasteiger partial charge in [0.1, 0.15) is 11.3 Å². The average molecular weight is 409 g/mol. The Bertz CT molecular complexity index is 1100. The van der Waals surface area contributed by atoms with Crippen molar-refractivity contribution >= 4 is 16.9 Å². The van der Waals surface area contributed by atoms with Gasteiger partial charge in [-0.05, 0) is 69.2 Å². The van der Waals surface area contributed by atoms with Crippen molar-refractivity contribution in [3.8, 4) is 5.75 Å². The molecule has 3 aromatic rings. The Hall–Kier alpha value is -3.09. The van der Waals surface area contributed by atoms with Crippen LogP contribution in [-0.4, -0.2) is 28.1 Å². The average Bonchev–Trinajstić information content (AvgIpc) is 3.24. The van der Waals surface area contributed by atoms with Crippen molar-refractivity contribution in [3.63, 3.8) is 0 Å². The number of nitrogens with zero attached hydrogens (tertiary/aromatic N) is 2. The topological polar surface area (TPSA) is 86.4 Å². The number of imidazole rings is 1. The zero-order chi connectivity index (χ0) is 21.1. The molecule has 1 aromatic carbocycles. The second-order valence-electron chi connectivity index (χ2n) is 7.90. The minimum Gasteiger partial charge on any atom is -0.480 e. The van der Waals surface area contributed by atoms with Gasteiger partial charge in [-0.2, -0.15) is 0 Å². The molecule has 1 amide bonds. The van der Waals surface area contributed by atoms with Gasteiger partial charge in [0.15, 0.2) is 6.10 Å². The van der Waals surface area contributed by atoms with Crippen LogP contribution in [0.1, 0.15) is 42.9 Å². The van der Waals surface area contributed by atoms with Gasteiger partial charge in [-0.1, -0.05) is 0 Å². The lowest BCUT2D eigenvalue weighted by molar-refractivity contribution is -0.127. The molecule has 2 heterocycles. The SMILES string of the molecule is Cc1cc(OC(C)C(=O)NCCCn2ccnc2)c2c3c(c(=O)oc2c1)CCCC3. The number of nitrogens with one attached hydrogen (secondary N) is 1. The molecule has 1 N–H and O–H groups in total. The lowest BCUT2D eigenvalue weighted by Crippen LogP contribution is -2.37. The first kappa shape index (κ1) is 20.2. The number of aryl methyl sites for hydroxylation is 3. The van der Waals surface area contributed by atoms with Gasteiger partial charge in [-0.15, -0.1) is 0 Å². The Morgan fingerprint density at radius 3 is 2.87 bits per heavy atom. The van der Waals surface area contributed by atoms with Gasteiger partial charge in [0.2, 0.25) is 0 Å². The van der Waals surface area contributed by atoms with Crippen molar-refractivity contribution in [1.82, 2.24) is 14.9 Å². The number of ether oxygens (including phenoxy) is 1. The summed E-state index contributed by atoms with van der Waals surface area (Å²) in [5, 5.41) is 3.76. The van der Waals surface area contributed by atoms with E-state index in [0.29, 0.717) is 17.9 Å². The standard InChI is InChI=1S/C23H27N3O4/c1-15-12-19(21-17-6-3-4-7-18(17)23(28)30-20(21)13-15)29-16(2)22(27)25-8-5-10-26-11-9-24-14-26/h9,11-14,16H,3-8,10H2,1-2H3,(H,25,27). The summed E-state index contributed by atoms with van der Waals surface area (Å²) >= 11 is 0. The zero-order valence-electron chi connectivity index (χ0n) is 17.4. The monoisotopic (exact) mass is 409 g/mol. The first-order valence-corrected chi connectivity index (χ1v) is 10.5. The Labute approximate surface area is 175 Å². The molecule has 0 radical (unpaired) electrons. The molecule has 4 rings (SSSR count). The van der Waals surface area contributed by atoms with E-state index in [1.165, 1.54) is 0 Å². The van der Waals surface area contributed by atoms with Gasteiger partial charge >= 0.3 is 5.63 Å². The maximum absolute atomic E-state index is 12.5. The van der Waals surface area contributed by atoms with Gasteiger partial charge in [-0.3, -0.25) is 4.79 Å². The molecule has 1 aliphatic carbocycles. The molecule has 158 valence electrons. The third-order valence-electron chi connectivity index (χ3n) is 5.55. The number of fused-ring (bicyclic) bond motifs is 3. The summed E-state index contributed by atoms with van der Waals surface area (Å²) in [5.41, 5.74) is 2.96. The Balaban J connectivity index is 1.49. The number of aromatic nitrogens is 2. The van der Waals surface area contributed by atoms with Crippen LogP contribution in [0.4, 0.5) is 0 Å². The smallest absolute Gasteiger partial charge is 0.339 e. The Morgan fingerprint density at radius 2 is 2.10 bits per heavy atom. The second-order valence-corrected chi connectivity index (χ2v) is 7.90. The Morgan fingerprint density at radius 1 is 1.30 bits per heavy atom. The first-order chi connectivity index (χ1) is 14.5. The summed E-state index contributed by atoms with van der Waals surface area (Å²) in [6, 6.07) is 3.78. The van der Waals surface area contributed by atoms with E-state index in [9.17, 15) is 9.59 Å². The van der Waals surface area contributed by atoms with Crippen LogP contribution in [0.15, 0.2) is 40.1 Å². The normalized spacial score (nSPS) is 14.3. The van der Waals surface area contributed by atoms with Crippen molar-refractivity contribution in [2.75, 3.05) is 6.54 Å². The van der Waals surface area contributed by atoms with Crippen LogP contribution in [-0.2, 0) is 24.2 Å². The predicted molar refractivity (Wildman–Crippen MR) is 114 cm³/mol. The van der Waals surface area contributed by atoms with Gasteiger partial charge in [0.05, 0.1) is 11.7 Å². The molecule has 30 heavy (non-hydrogen) atoms. The molecule has 1 atom stereocenters. The highest BCUT2D eigenvalue weighted by Crippen LogP contribution is 2.35. The predicted octanol–water partition coefficient (Wildman–Crippen LogP) is 3.15. The zero-order valence-corrected chi connectivity index (χ0v) is 17.4. The van der Waals surface area contributed by atoms with Crippen molar-refractivity contribution in [2.45, 2.75) is 58.6 Å². The minimum absolute atomic E-state index is 0.165. The number of amides is 1. The van der Waals surface area contributed by atoms with Crippen LogP contribution in [0.3, 0.4) is 0 Å². The third-order valence-corrected chi connectivity index (χ3v) is 5.55. The second kappa shape index (κ2) is 8.73. The molecule has 0 saturated heterocycles. The summed E-state index contributed by atoms with van der Waals surface area (Å²) in [6.45, 7) is 5.02. The number of carbonyl (C=O) groups excluding carboxylic acids is 1. The summed E-state index contributed by atoms with van der Waals surface area (Å²) in [4.78, 5) is 28.9. The van der Waals surface area contributed by atoms with Crippen LogP contribution in [0.2, 0.25) is 0 Å². The lowest BCUT2D eigenvalue weighted by atomic mass is 9.90. The molecule has 0 saturated carbocycles. The van der Waals surface area contributed by atoms with E-state index in [1.807, 2.05) is 29.8 Å². The largest absolute Gasteiger partial charge is 0.480 e. The van der Waals surface area contributed by atoms with E-state index in [1.54, 1.807) is 19.4 Å². The minimum atomic E-state index is -0.658. The van der Waals surface area contributed by atoms with Crippen LogP contribution in [0.25, 0.3) is 11.0 Å². The van der Waals surface area contributed by atoms with E-state index >= 15 is 0 Å². The van der Waals surface area contributed by atoms with Crippen molar-refractivity contribution < 1.29 is 13.9 Å². The molecule has 0 bridgehead atoms. The van der Waals surface area contributed by atoms with Gasteiger partial charge in [0.25, 0.3) is 5.91 Å². The molecule has 7 heteroatoms. The molecule has 0 aliphatic heterocycles. The third kappa shape index (κ3) is 4.25. The number of hydrogen-bond donors (Lipinski definition) is 1. The fourth-order valence-electron chi connectivity index (χ4n) is 4.04. The van der Waals surface area contributed by atoms with Gasteiger partial charge < -0.3 is 19.0 Å². The van der Waals surface area contributed by atoms with Crippen molar-refractivity contribution in [3.05, 3.63) is 58.0 Å². The van der Waals surface area contributed by atoms with E-state index in [0.717, 1.165) is 60.7 Å². The van der Waals surface area contributed by atoms with Crippen LogP contribution in [0.5, 0.6) is 5.75 Å². The van der Waals surface area contributed by atoms with E-state index in [2.05, 4.69) is 10.3 Å². The molecular weight excluding hydrogens is 382 g/mol. The lowest BCUT2D eigenvalue weighted by Gasteiger charge is -2.21. The number of carbonyl (C=O) groups is 1. The maximum atomic E-state index is 12.5. The molecule has 0 spiro atoms. The Kier molecular flexibility index (Phi) is 5.88. The van der Waals surface area contributed by atoms with Gasteiger partial charge in [-0.25, -0.2) is 9.78 Å². The highest BCUT2D eigenvalue weighted by molar-refractivity contribution is 5.89. The van der Waals surface area contributed by atoms with Crippen LogP contribution in [0, 0.1) is 6.92 Å². The van der Waals surface area contributed by atoms with Crippen molar-refractivity contribution in [2.24, 2.45) is 0 Å². The van der Waals surface area contributed by atoms with E-state index in [-0.39, 0.29) is 11.5 Å².